The van der Waals surface area contributed by atoms with Crippen LogP contribution in [0.15, 0.2) is 23.8 Å². The number of allylic oxidation sites excluding steroid dienone is 1. The molecular weight excluding hydrogens is 296 g/mol. The van der Waals surface area contributed by atoms with E-state index in [1.165, 1.54) is 24.8 Å². The van der Waals surface area contributed by atoms with E-state index in [0.717, 1.165) is 69.6 Å². The fraction of sp³-hybridized carbons (Fsp3) is 0.762. The fourth-order valence-electron chi connectivity index (χ4n) is 6.19. The van der Waals surface area contributed by atoms with Gasteiger partial charge in [0.25, 0.3) is 0 Å². The fourth-order valence-corrected chi connectivity index (χ4v) is 6.19. The van der Waals surface area contributed by atoms with Gasteiger partial charge in [0.2, 0.25) is 5.91 Å². The lowest BCUT2D eigenvalue weighted by molar-refractivity contribution is -0.146. The maximum absolute atomic E-state index is 13.0. The molecule has 0 aromatic carbocycles. The summed E-state index contributed by atoms with van der Waals surface area (Å²) < 4.78 is 0. The SMILES string of the molecule is C/C=C/CN1CCC=C(CNC(=O)C23CC4CC(CC(C4)C2)C3)C1. The van der Waals surface area contributed by atoms with Gasteiger partial charge in [-0.05, 0) is 75.2 Å². The first-order chi connectivity index (χ1) is 11.7. The molecule has 5 aliphatic rings. The molecule has 4 aliphatic carbocycles. The Kier molecular flexibility index (Phi) is 4.55. The first-order valence-corrected chi connectivity index (χ1v) is 9.96. The predicted octanol–water partition coefficient (Wildman–Crippen LogP) is 3.53. The number of nitrogens with zero attached hydrogens (tertiary/aromatic N) is 1. The highest BCUT2D eigenvalue weighted by Gasteiger charge is 2.54. The molecule has 4 saturated carbocycles. The molecule has 1 N–H and O–H groups in total. The van der Waals surface area contributed by atoms with Crippen molar-refractivity contribution in [1.29, 1.82) is 0 Å². The molecule has 5 rings (SSSR count). The van der Waals surface area contributed by atoms with E-state index in [-0.39, 0.29) is 5.41 Å². The van der Waals surface area contributed by atoms with Crippen LogP contribution in [0.2, 0.25) is 0 Å². The second-order valence-corrected chi connectivity index (χ2v) is 8.84. The topological polar surface area (TPSA) is 32.3 Å². The van der Waals surface area contributed by atoms with Crippen LogP contribution in [0.3, 0.4) is 0 Å². The Morgan fingerprint density at radius 2 is 1.92 bits per heavy atom. The van der Waals surface area contributed by atoms with Gasteiger partial charge in [0.15, 0.2) is 0 Å². The molecule has 1 amide bonds. The summed E-state index contributed by atoms with van der Waals surface area (Å²) >= 11 is 0. The molecule has 4 fully saturated rings. The van der Waals surface area contributed by atoms with Gasteiger partial charge in [0, 0.05) is 31.6 Å². The van der Waals surface area contributed by atoms with Crippen LogP contribution in [0.25, 0.3) is 0 Å². The Balaban J connectivity index is 1.33. The molecule has 0 radical (unpaired) electrons. The highest BCUT2D eigenvalue weighted by atomic mass is 16.2. The summed E-state index contributed by atoms with van der Waals surface area (Å²) in [5.41, 5.74) is 1.39. The van der Waals surface area contributed by atoms with Gasteiger partial charge in [0.1, 0.15) is 0 Å². The highest BCUT2D eigenvalue weighted by Crippen LogP contribution is 2.60. The number of hydrogen-bond acceptors (Lipinski definition) is 2. The van der Waals surface area contributed by atoms with Crippen molar-refractivity contribution in [2.75, 3.05) is 26.2 Å². The van der Waals surface area contributed by atoms with Crippen LogP contribution in [-0.4, -0.2) is 37.0 Å². The van der Waals surface area contributed by atoms with Crippen molar-refractivity contribution < 1.29 is 4.79 Å². The number of carbonyl (C=O) groups is 1. The van der Waals surface area contributed by atoms with Crippen molar-refractivity contribution in [3.63, 3.8) is 0 Å². The van der Waals surface area contributed by atoms with E-state index in [2.05, 4.69) is 35.4 Å². The van der Waals surface area contributed by atoms with Crippen LogP contribution < -0.4 is 5.32 Å². The number of nitrogens with one attached hydrogen (secondary N) is 1. The van der Waals surface area contributed by atoms with Crippen molar-refractivity contribution in [3.05, 3.63) is 23.8 Å². The van der Waals surface area contributed by atoms with Crippen molar-refractivity contribution in [1.82, 2.24) is 10.2 Å². The quantitative estimate of drug-likeness (QED) is 0.783. The van der Waals surface area contributed by atoms with Crippen LogP contribution in [0, 0.1) is 23.2 Å². The van der Waals surface area contributed by atoms with Crippen LogP contribution >= 0.6 is 0 Å². The Labute approximate surface area is 146 Å². The van der Waals surface area contributed by atoms with Gasteiger partial charge in [-0.15, -0.1) is 0 Å². The smallest absolute Gasteiger partial charge is 0.226 e. The van der Waals surface area contributed by atoms with Gasteiger partial charge in [-0.2, -0.15) is 0 Å². The minimum Gasteiger partial charge on any atom is -0.352 e. The predicted molar refractivity (Wildman–Crippen MR) is 97.6 cm³/mol. The zero-order valence-corrected chi connectivity index (χ0v) is 15.1. The van der Waals surface area contributed by atoms with Crippen molar-refractivity contribution in [2.24, 2.45) is 23.2 Å². The van der Waals surface area contributed by atoms with E-state index in [1.807, 2.05) is 0 Å². The van der Waals surface area contributed by atoms with Crippen molar-refractivity contribution in [2.45, 2.75) is 51.9 Å². The Morgan fingerprint density at radius 1 is 1.25 bits per heavy atom. The van der Waals surface area contributed by atoms with Gasteiger partial charge in [0.05, 0.1) is 0 Å². The van der Waals surface area contributed by atoms with E-state index in [1.54, 1.807) is 0 Å². The van der Waals surface area contributed by atoms with Gasteiger partial charge >= 0.3 is 0 Å². The Morgan fingerprint density at radius 3 is 2.54 bits per heavy atom. The van der Waals surface area contributed by atoms with E-state index < -0.39 is 0 Å². The summed E-state index contributed by atoms with van der Waals surface area (Å²) in [4.78, 5) is 15.5. The molecular formula is C21H32N2O. The molecule has 0 aromatic rings. The second-order valence-electron chi connectivity index (χ2n) is 8.84. The molecule has 132 valence electrons. The minimum atomic E-state index is -0.00534. The Hall–Kier alpha value is -1.09. The number of carbonyl (C=O) groups excluding carboxylic acids is 1. The molecule has 24 heavy (non-hydrogen) atoms. The molecule has 0 unspecified atom stereocenters. The van der Waals surface area contributed by atoms with Crippen molar-refractivity contribution in [3.8, 4) is 0 Å². The van der Waals surface area contributed by atoms with Gasteiger partial charge in [-0.3, -0.25) is 9.69 Å². The Bertz CT molecular complexity index is 513. The molecule has 0 spiro atoms. The molecule has 1 aliphatic heterocycles. The monoisotopic (exact) mass is 328 g/mol. The minimum absolute atomic E-state index is 0.00534. The second kappa shape index (κ2) is 6.67. The number of rotatable bonds is 5. The maximum Gasteiger partial charge on any atom is 0.226 e. The van der Waals surface area contributed by atoms with Crippen LogP contribution in [0.5, 0.6) is 0 Å². The molecule has 0 saturated heterocycles. The number of amides is 1. The normalized spacial score (nSPS) is 38.5. The first-order valence-electron chi connectivity index (χ1n) is 9.96. The zero-order chi connectivity index (χ0) is 16.6. The summed E-state index contributed by atoms with van der Waals surface area (Å²) in [5, 5.41) is 3.33. The van der Waals surface area contributed by atoms with Crippen LogP contribution in [0.4, 0.5) is 0 Å². The maximum atomic E-state index is 13.0. The third-order valence-corrected chi connectivity index (χ3v) is 6.90. The van der Waals surface area contributed by atoms with Gasteiger partial charge in [-0.1, -0.05) is 18.2 Å². The average molecular weight is 329 g/mol. The highest BCUT2D eigenvalue weighted by molar-refractivity contribution is 5.83. The first kappa shape index (κ1) is 16.4. The lowest BCUT2D eigenvalue weighted by Crippen LogP contribution is -2.54. The molecule has 0 atom stereocenters. The molecule has 3 nitrogen and oxygen atoms in total. The lowest BCUT2D eigenvalue weighted by atomic mass is 9.49. The van der Waals surface area contributed by atoms with Crippen LogP contribution in [-0.2, 0) is 4.79 Å². The van der Waals surface area contributed by atoms with E-state index in [9.17, 15) is 4.79 Å². The average Bonchev–Trinajstić information content (AvgIpc) is 2.57. The van der Waals surface area contributed by atoms with E-state index >= 15 is 0 Å². The standard InChI is InChI=1S/C21H32N2O/c1-2-3-6-23-7-4-5-16(15-23)14-22-20(24)21-11-17-8-18(12-21)10-19(9-17)13-21/h2-3,5,17-19H,4,6-15H2,1H3,(H,22,24)/b3-2+. The van der Waals surface area contributed by atoms with E-state index in [0.29, 0.717) is 5.91 Å². The molecule has 1 heterocycles. The molecule has 4 bridgehead atoms. The lowest BCUT2D eigenvalue weighted by Gasteiger charge is -2.55. The van der Waals surface area contributed by atoms with Gasteiger partial charge in [-0.25, -0.2) is 0 Å². The molecule has 3 heteroatoms. The third kappa shape index (κ3) is 3.20. The van der Waals surface area contributed by atoms with Crippen LogP contribution in [0.1, 0.15) is 51.9 Å². The van der Waals surface area contributed by atoms with Gasteiger partial charge < -0.3 is 5.32 Å². The summed E-state index contributed by atoms with van der Waals surface area (Å²) in [5.74, 6) is 2.89. The summed E-state index contributed by atoms with van der Waals surface area (Å²) in [6.45, 7) is 6.00. The van der Waals surface area contributed by atoms with Crippen molar-refractivity contribution >= 4 is 5.91 Å². The zero-order valence-electron chi connectivity index (χ0n) is 15.1. The third-order valence-electron chi connectivity index (χ3n) is 6.90. The summed E-state index contributed by atoms with van der Waals surface area (Å²) in [7, 11) is 0. The molecule has 0 aromatic heterocycles. The largest absolute Gasteiger partial charge is 0.352 e. The summed E-state index contributed by atoms with van der Waals surface area (Å²) in [6.07, 6.45) is 15.5. The number of hydrogen-bond donors (Lipinski definition) is 1. The summed E-state index contributed by atoms with van der Waals surface area (Å²) in [6, 6.07) is 0. The van der Waals surface area contributed by atoms with E-state index in [4.69, 9.17) is 0 Å².